The van der Waals surface area contributed by atoms with E-state index in [2.05, 4.69) is 5.32 Å². The van der Waals surface area contributed by atoms with E-state index in [0.717, 1.165) is 11.3 Å². The molecule has 0 aliphatic heterocycles. The van der Waals surface area contributed by atoms with E-state index in [1.165, 1.54) is 0 Å². The van der Waals surface area contributed by atoms with Crippen LogP contribution in [0.1, 0.15) is 12.5 Å². The van der Waals surface area contributed by atoms with Gasteiger partial charge in [0.25, 0.3) is 0 Å². The summed E-state index contributed by atoms with van der Waals surface area (Å²) in [5.41, 5.74) is 0.0225. The van der Waals surface area contributed by atoms with Gasteiger partial charge in [0.2, 0.25) is 0 Å². The third kappa shape index (κ3) is 2.73. The fourth-order valence-corrected chi connectivity index (χ4v) is 1.42. The molecule has 88 valence electrons. The number of likely N-dealkylation sites (N-methyl/N-ethyl adjacent to an activating group) is 1. The minimum atomic E-state index is -0.936. The lowest BCUT2D eigenvalue weighted by Crippen LogP contribution is -2.49. The summed E-state index contributed by atoms with van der Waals surface area (Å²) in [6.45, 7) is 1.67. The molecule has 4 heteroatoms. The quantitative estimate of drug-likeness (QED) is 0.790. The topological polar surface area (TPSA) is 58.6 Å². The highest BCUT2D eigenvalue weighted by molar-refractivity contribution is 5.78. The second kappa shape index (κ2) is 4.99. The maximum Gasteiger partial charge on any atom is 0.323 e. The minimum Gasteiger partial charge on any atom is -0.497 e. The van der Waals surface area contributed by atoms with Crippen molar-refractivity contribution in [1.29, 1.82) is 0 Å². The molecule has 0 fully saturated rings. The first-order chi connectivity index (χ1) is 7.51. The van der Waals surface area contributed by atoms with Crippen LogP contribution in [0.4, 0.5) is 0 Å². The maximum absolute atomic E-state index is 11.1. The lowest BCUT2D eigenvalue weighted by Gasteiger charge is -2.24. The first-order valence-electron chi connectivity index (χ1n) is 5.07. The second-order valence-corrected chi connectivity index (χ2v) is 3.91. The molecule has 1 aromatic rings. The minimum absolute atomic E-state index is 0.433. The van der Waals surface area contributed by atoms with Crippen LogP contribution >= 0.6 is 0 Å². The SMILES string of the molecule is CNC(C)(Cc1ccc(OC)cc1)C(=O)O. The molecule has 0 aliphatic carbocycles. The van der Waals surface area contributed by atoms with Crippen molar-refractivity contribution in [3.05, 3.63) is 29.8 Å². The van der Waals surface area contributed by atoms with E-state index in [9.17, 15) is 4.79 Å². The first kappa shape index (κ1) is 12.5. The van der Waals surface area contributed by atoms with Crippen LogP contribution < -0.4 is 10.1 Å². The predicted octanol–water partition coefficient (Wildman–Crippen LogP) is 1.30. The number of ether oxygens (including phenoxy) is 1. The summed E-state index contributed by atoms with van der Waals surface area (Å²) in [4.78, 5) is 11.1. The zero-order chi connectivity index (χ0) is 12.2. The van der Waals surface area contributed by atoms with E-state index >= 15 is 0 Å². The van der Waals surface area contributed by atoms with Crippen LogP contribution in [-0.4, -0.2) is 30.8 Å². The summed E-state index contributed by atoms with van der Waals surface area (Å²) in [6.07, 6.45) is 0.433. The first-order valence-corrected chi connectivity index (χ1v) is 5.07. The lowest BCUT2D eigenvalue weighted by molar-refractivity contribution is -0.143. The standard InChI is InChI=1S/C12H17NO3/c1-12(13-2,11(14)15)8-9-4-6-10(16-3)7-5-9/h4-7,13H,8H2,1-3H3,(H,14,15). The molecule has 0 saturated carbocycles. The number of hydrogen-bond donors (Lipinski definition) is 2. The van der Waals surface area contributed by atoms with Gasteiger partial charge in [0.05, 0.1) is 7.11 Å². The number of methoxy groups -OCH3 is 1. The summed E-state index contributed by atoms with van der Waals surface area (Å²) in [7, 11) is 3.25. The van der Waals surface area contributed by atoms with Crippen molar-refractivity contribution < 1.29 is 14.6 Å². The Morgan fingerprint density at radius 3 is 2.38 bits per heavy atom. The van der Waals surface area contributed by atoms with Crippen molar-refractivity contribution in [2.24, 2.45) is 0 Å². The van der Waals surface area contributed by atoms with Gasteiger partial charge in [-0.25, -0.2) is 0 Å². The van der Waals surface area contributed by atoms with E-state index in [0.29, 0.717) is 6.42 Å². The number of carboxylic acid groups (broad SMARTS) is 1. The fourth-order valence-electron chi connectivity index (χ4n) is 1.42. The molecular formula is C12H17NO3. The summed E-state index contributed by atoms with van der Waals surface area (Å²) in [6, 6.07) is 7.40. The van der Waals surface area contributed by atoms with Gasteiger partial charge in [-0.1, -0.05) is 12.1 Å². The van der Waals surface area contributed by atoms with E-state index in [1.807, 2.05) is 24.3 Å². The maximum atomic E-state index is 11.1. The van der Waals surface area contributed by atoms with Crippen LogP contribution in [0.15, 0.2) is 24.3 Å². The number of benzene rings is 1. The average Bonchev–Trinajstić information content (AvgIpc) is 2.29. The monoisotopic (exact) mass is 223 g/mol. The highest BCUT2D eigenvalue weighted by Crippen LogP contribution is 2.17. The zero-order valence-electron chi connectivity index (χ0n) is 9.78. The molecular weight excluding hydrogens is 206 g/mol. The van der Waals surface area contributed by atoms with Crippen molar-refractivity contribution in [1.82, 2.24) is 5.32 Å². The van der Waals surface area contributed by atoms with E-state index in [-0.39, 0.29) is 0 Å². The Bertz CT molecular complexity index is 361. The highest BCUT2D eigenvalue weighted by Gasteiger charge is 2.31. The van der Waals surface area contributed by atoms with Gasteiger partial charge in [-0.05, 0) is 31.7 Å². The highest BCUT2D eigenvalue weighted by atomic mass is 16.5. The number of carbonyl (C=O) groups is 1. The Balaban J connectivity index is 2.82. The molecule has 1 unspecified atom stereocenters. The number of nitrogens with one attached hydrogen (secondary N) is 1. The molecule has 0 amide bonds. The average molecular weight is 223 g/mol. The van der Waals surface area contributed by atoms with Gasteiger partial charge in [0.1, 0.15) is 11.3 Å². The molecule has 1 aromatic carbocycles. The van der Waals surface area contributed by atoms with Crippen molar-refractivity contribution in [3.63, 3.8) is 0 Å². The molecule has 2 N–H and O–H groups in total. The molecule has 0 bridgehead atoms. The van der Waals surface area contributed by atoms with Crippen LogP contribution in [-0.2, 0) is 11.2 Å². The normalized spacial score (nSPS) is 14.2. The predicted molar refractivity (Wildman–Crippen MR) is 61.8 cm³/mol. The molecule has 1 atom stereocenters. The molecule has 0 aliphatic rings. The van der Waals surface area contributed by atoms with Crippen molar-refractivity contribution >= 4 is 5.97 Å². The van der Waals surface area contributed by atoms with Crippen LogP contribution in [0.2, 0.25) is 0 Å². The Morgan fingerprint density at radius 2 is 2.00 bits per heavy atom. The van der Waals surface area contributed by atoms with E-state index in [1.54, 1.807) is 21.1 Å². The largest absolute Gasteiger partial charge is 0.497 e. The van der Waals surface area contributed by atoms with Crippen LogP contribution in [0.5, 0.6) is 5.75 Å². The summed E-state index contributed by atoms with van der Waals surface area (Å²) >= 11 is 0. The lowest BCUT2D eigenvalue weighted by atomic mass is 9.93. The van der Waals surface area contributed by atoms with Crippen LogP contribution in [0.3, 0.4) is 0 Å². The van der Waals surface area contributed by atoms with E-state index < -0.39 is 11.5 Å². The van der Waals surface area contributed by atoms with Crippen molar-refractivity contribution in [2.45, 2.75) is 18.9 Å². The molecule has 0 aromatic heterocycles. The number of hydrogen-bond acceptors (Lipinski definition) is 3. The molecule has 0 saturated heterocycles. The zero-order valence-corrected chi connectivity index (χ0v) is 9.78. The molecule has 4 nitrogen and oxygen atoms in total. The van der Waals surface area contributed by atoms with Crippen LogP contribution in [0, 0.1) is 0 Å². The van der Waals surface area contributed by atoms with Crippen LogP contribution in [0.25, 0.3) is 0 Å². The third-order valence-corrected chi connectivity index (χ3v) is 2.74. The third-order valence-electron chi connectivity index (χ3n) is 2.74. The van der Waals surface area contributed by atoms with Gasteiger partial charge in [-0.15, -0.1) is 0 Å². The van der Waals surface area contributed by atoms with Gasteiger partial charge in [0, 0.05) is 6.42 Å². The number of rotatable bonds is 5. The van der Waals surface area contributed by atoms with Gasteiger partial charge in [0.15, 0.2) is 0 Å². The number of carboxylic acids is 1. The number of aliphatic carboxylic acids is 1. The molecule has 0 spiro atoms. The van der Waals surface area contributed by atoms with Gasteiger partial charge in [-0.3, -0.25) is 4.79 Å². The Labute approximate surface area is 95.2 Å². The van der Waals surface area contributed by atoms with Gasteiger partial charge in [-0.2, -0.15) is 0 Å². The molecule has 1 rings (SSSR count). The van der Waals surface area contributed by atoms with Crippen molar-refractivity contribution in [3.8, 4) is 5.75 Å². The summed E-state index contributed by atoms with van der Waals surface area (Å²) < 4.78 is 5.04. The second-order valence-electron chi connectivity index (χ2n) is 3.91. The molecule has 0 radical (unpaired) electrons. The summed E-state index contributed by atoms with van der Waals surface area (Å²) in [5.74, 6) is -0.0870. The Hall–Kier alpha value is -1.55. The Morgan fingerprint density at radius 1 is 1.44 bits per heavy atom. The summed E-state index contributed by atoms with van der Waals surface area (Å²) in [5, 5.41) is 11.9. The van der Waals surface area contributed by atoms with Gasteiger partial charge >= 0.3 is 5.97 Å². The van der Waals surface area contributed by atoms with Gasteiger partial charge < -0.3 is 15.2 Å². The fraction of sp³-hybridized carbons (Fsp3) is 0.417. The Kier molecular flexibility index (Phi) is 3.90. The van der Waals surface area contributed by atoms with Crippen molar-refractivity contribution in [2.75, 3.05) is 14.2 Å². The van der Waals surface area contributed by atoms with E-state index in [4.69, 9.17) is 9.84 Å². The smallest absolute Gasteiger partial charge is 0.323 e. The molecule has 0 heterocycles. The molecule has 16 heavy (non-hydrogen) atoms.